The Bertz CT molecular complexity index is 387. The van der Waals surface area contributed by atoms with Crippen LogP contribution in [-0.2, 0) is 11.2 Å². The van der Waals surface area contributed by atoms with E-state index in [0.29, 0.717) is 6.42 Å². The summed E-state index contributed by atoms with van der Waals surface area (Å²) < 4.78 is 5.17. The quantitative estimate of drug-likeness (QED) is 0.701. The van der Waals surface area contributed by atoms with Crippen LogP contribution in [0.4, 0.5) is 5.69 Å². The fourth-order valence-electron chi connectivity index (χ4n) is 1.93. The Balaban J connectivity index is 2.45. The SMILES string of the molecule is COc1ccc2c(c1)N(C)C(=O)CCC2. The molecule has 1 aromatic rings. The number of ether oxygens (including phenoxy) is 1. The molecule has 0 saturated heterocycles. The van der Waals surface area contributed by atoms with Gasteiger partial charge in [0, 0.05) is 19.5 Å². The minimum Gasteiger partial charge on any atom is -0.497 e. The molecular formula is C12H15NO2. The molecule has 0 saturated carbocycles. The second kappa shape index (κ2) is 3.93. The third-order valence-electron chi connectivity index (χ3n) is 2.86. The van der Waals surface area contributed by atoms with Crippen LogP contribution in [0.15, 0.2) is 18.2 Å². The van der Waals surface area contributed by atoms with Gasteiger partial charge in [0.1, 0.15) is 5.75 Å². The zero-order valence-corrected chi connectivity index (χ0v) is 9.12. The van der Waals surface area contributed by atoms with Gasteiger partial charge < -0.3 is 9.64 Å². The normalized spacial score (nSPS) is 15.9. The molecule has 3 nitrogen and oxygen atoms in total. The molecule has 0 N–H and O–H groups in total. The number of benzene rings is 1. The molecule has 0 unspecified atom stereocenters. The predicted molar refractivity (Wildman–Crippen MR) is 59.3 cm³/mol. The highest BCUT2D eigenvalue weighted by Crippen LogP contribution is 2.29. The van der Waals surface area contributed by atoms with Crippen LogP contribution < -0.4 is 9.64 Å². The fourth-order valence-corrected chi connectivity index (χ4v) is 1.93. The van der Waals surface area contributed by atoms with Gasteiger partial charge in [0.25, 0.3) is 0 Å². The van der Waals surface area contributed by atoms with E-state index >= 15 is 0 Å². The molecule has 0 fully saturated rings. The van der Waals surface area contributed by atoms with E-state index in [1.807, 2.05) is 25.2 Å². The lowest BCUT2D eigenvalue weighted by molar-refractivity contribution is -0.118. The number of methoxy groups -OCH3 is 1. The van der Waals surface area contributed by atoms with Gasteiger partial charge in [0.15, 0.2) is 0 Å². The Labute approximate surface area is 89.7 Å². The molecule has 0 atom stereocenters. The maximum Gasteiger partial charge on any atom is 0.226 e. The zero-order valence-electron chi connectivity index (χ0n) is 9.12. The third-order valence-corrected chi connectivity index (χ3v) is 2.86. The summed E-state index contributed by atoms with van der Waals surface area (Å²) in [6, 6.07) is 5.92. The van der Waals surface area contributed by atoms with Gasteiger partial charge in [-0.05, 0) is 24.5 Å². The minimum absolute atomic E-state index is 0.182. The maximum absolute atomic E-state index is 11.7. The minimum atomic E-state index is 0.182. The van der Waals surface area contributed by atoms with Crippen LogP contribution in [0.3, 0.4) is 0 Å². The highest BCUT2D eigenvalue weighted by atomic mass is 16.5. The number of anilines is 1. The number of nitrogens with zero attached hydrogens (tertiary/aromatic N) is 1. The van der Waals surface area contributed by atoms with Crippen LogP contribution in [0.25, 0.3) is 0 Å². The third kappa shape index (κ3) is 1.82. The van der Waals surface area contributed by atoms with E-state index in [1.165, 1.54) is 5.56 Å². The van der Waals surface area contributed by atoms with Crippen molar-refractivity contribution in [2.75, 3.05) is 19.1 Å². The highest BCUT2D eigenvalue weighted by Gasteiger charge is 2.18. The second-order valence-electron chi connectivity index (χ2n) is 3.80. The van der Waals surface area contributed by atoms with Crippen molar-refractivity contribution in [1.29, 1.82) is 0 Å². The fraction of sp³-hybridized carbons (Fsp3) is 0.417. The van der Waals surface area contributed by atoms with Gasteiger partial charge in [0.2, 0.25) is 5.91 Å². The second-order valence-corrected chi connectivity index (χ2v) is 3.80. The van der Waals surface area contributed by atoms with E-state index in [9.17, 15) is 4.79 Å². The van der Waals surface area contributed by atoms with E-state index < -0.39 is 0 Å². The molecule has 15 heavy (non-hydrogen) atoms. The van der Waals surface area contributed by atoms with Crippen molar-refractivity contribution in [1.82, 2.24) is 0 Å². The van der Waals surface area contributed by atoms with Crippen molar-refractivity contribution in [3.8, 4) is 5.75 Å². The number of carbonyl (C=O) groups excluding carboxylic acids is 1. The summed E-state index contributed by atoms with van der Waals surface area (Å²) in [5, 5.41) is 0. The summed E-state index contributed by atoms with van der Waals surface area (Å²) in [6.07, 6.45) is 2.53. The standard InChI is InChI=1S/C12H15NO2/c1-13-11-8-10(15-2)7-6-9(11)4-3-5-12(13)14/h6-8H,3-5H2,1-2H3. The van der Waals surface area contributed by atoms with E-state index in [4.69, 9.17) is 4.74 Å². The van der Waals surface area contributed by atoms with Crippen molar-refractivity contribution in [3.05, 3.63) is 23.8 Å². The molecule has 1 aliphatic heterocycles. The first-order valence-electron chi connectivity index (χ1n) is 5.16. The van der Waals surface area contributed by atoms with Crippen molar-refractivity contribution in [2.24, 2.45) is 0 Å². The number of amides is 1. The summed E-state index contributed by atoms with van der Waals surface area (Å²) in [5.74, 6) is 0.984. The maximum atomic E-state index is 11.7. The first-order chi connectivity index (χ1) is 7.22. The lowest BCUT2D eigenvalue weighted by Crippen LogP contribution is -2.24. The molecule has 1 heterocycles. The van der Waals surface area contributed by atoms with E-state index in [-0.39, 0.29) is 5.91 Å². The Morgan fingerprint density at radius 2 is 2.13 bits per heavy atom. The lowest BCUT2D eigenvalue weighted by Gasteiger charge is -2.18. The first kappa shape index (κ1) is 10.0. The molecule has 1 aromatic carbocycles. The molecule has 0 aromatic heterocycles. The number of carbonyl (C=O) groups is 1. The van der Waals surface area contributed by atoms with Gasteiger partial charge >= 0.3 is 0 Å². The van der Waals surface area contributed by atoms with Gasteiger partial charge in [-0.3, -0.25) is 4.79 Å². The van der Waals surface area contributed by atoms with Gasteiger partial charge in [-0.25, -0.2) is 0 Å². The summed E-state index contributed by atoms with van der Waals surface area (Å²) in [5.41, 5.74) is 2.21. The predicted octanol–water partition coefficient (Wildman–Crippen LogP) is 1.99. The summed E-state index contributed by atoms with van der Waals surface area (Å²) >= 11 is 0. The Hall–Kier alpha value is -1.51. The average molecular weight is 205 g/mol. The average Bonchev–Trinajstić information content (AvgIpc) is 2.40. The van der Waals surface area contributed by atoms with E-state index in [0.717, 1.165) is 24.3 Å². The van der Waals surface area contributed by atoms with Gasteiger partial charge in [-0.2, -0.15) is 0 Å². The monoisotopic (exact) mass is 205 g/mol. The van der Waals surface area contributed by atoms with Gasteiger partial charge in [0.05, 0.1) is 12.8 Å². The first-order valence-corrected chi connectivity index (χ1v) is 5.16. The van der Waals surface area contributed by atoms with Crippen LogP contribution in [-0.4, -0.2) is 20.1 Å². The van der Waals surface area contributed by atoms with E-state index in [1.54, 1.807) is 12.0 Å². The molecule has 1 amide bonds. The van der Waals surface area contributed by atoms with Crippen molar-refractivity contribution < 1.29 is 9.53 Å². The van der Waals surface area contributed by atoms with Crippen LogP contribution in [0.5, 0.6) is 5.75 Å². The number of hydrogen-bond acceptors (Lipinski definition) is 2. The molecule has 0 radical (unpaired) electrons. The number of aryl methyl sites for hydroxylation is 1. The number of hydrogen-bond donors (Lipinski definition) is 0. The molecular weight excluding hydrogens is 190 g/mol. The molecule has 2 rings (SSSR count). The molecule has 1 aliphatic rings. The molecule has 80 valence electrons. The highest BCUT2D eigenvalue weighted by molar-refractivity contribution is 5.94. The van der Waals surface area contributed by atoms with Crippen LogP contribution in [0.1, 0.15) is 18.4 Å². The van der Waals surface area contributed by atoms with Crippen molar-refractivity contribution in [2.45, 2.75) is 19.3 Å². The van der Waals surface area contributed by atoms with Gasteiger partial charge in [-0.15, -0.1) is 0 Å². The van der Waals surface area contributed by atoms with Crippen LogP contribution in [0.2, 0.25) is 0 Å². The largest absolute Gasteiger partial charge is 0.497 e. The topological polar surface area (TPSA) is 29.5 Å². The molecule has 3 heteroatoms. The number of fused-ring (bicyclic) bond motifs is 1. The van der Waals surface area contributed by atoms with Crippen molar-refractivity contribution in [3.63, 3.8) is 0 Å². The molecule has 0 aliphatic carbocycles. The van der Waals surface area contributed by atoms with Crippen molar-refractivity contribution >= 4 is 11.6 Å². The summed E-state index contributed by atoms with van der Waals surface area (Å²) in [6.45, 7) is 0. The Morgan fingerprint density at radius 3 is 2.87 bits per heavy atom. The Kier molecular flexibility index (Phi) is 2.62. The molecule has 0 bridgehead atoms. The summed E-state index contributed by atoms with van der Waals surface area (Å²) in [4.78, 5) is 13.4. The molecule has 0 spiro atoms. The lowest BCUT2D eigenvalue weighted by atomic mass is 10.1. The van der Waals surface area contributed by atoms with Crippen LogP contribution >= 0.6 is 0 Å². The van der Waals surface area contributed by atoms with Crippen LogP contribution in [0, 0.1) is 0 Å². The Morgan fingerprint density at radius 1 is 1.33 bits per heavy atom. The summed E-state index contributed by atoms with van der Waals surface area (Å²) in [7, 11) is 3.46. The zero-order chi connectivity index (χ0) is 10.8. The smallest absolute Gasteiger partial charge is 0.226 e. The number of rotatable bonds is 1. The van der Waals surface area contributed by atoms with Gasteiger partial charge in [-0.1, -0.05) is 6.07 Å². The van der Waals surface area contributed by atoms with E-state index in [2.05, 4.69) is 0 Å².